The van der Waals surface area contributed by atoms with Gasteiger partial charge in [0.2, 0.25) is 0 Å². The number of hydrogen-bond donors (Lipinski definition) is 0. The second-order valence-corrected chi connectivity index (χ2v) is 9.12. The highest BCUT2D eigenvalue weighted by atomic mass is 16.2. The number of likely N-dealkylation sites (tertiary alicyclic amines) is 1. The van der Waals surface area contributed by atoms with Crippen LogP contribution in [0.1, 0.15) is 28.8 Å². The van der Waals surface area contributed by atoms with Gasteiger partial charge in [0.1, 0.15) is 5.69 Å². The number of benzene rings is 2. The molecule has 5 rings (SSSR count). The van der Waals surface area contributed by atoms with Crippen LogP contribution in [0, 0.1) is 6.92 Å². The van der Waals surface area contributed by atoms with Crippen LogP contribution in [0.4, 0.5) is 0 Å². The van der Waals surface area contributed by atoms with E-state index in [1.54, 1.807) is 25.6 Å². The molecule has 0 saturated carbocycles. The van der Waals surface area contributed by atoms with Crippen molar-refractivity contribution >= 4 is 17.7 Å². The van der Waals surface area contributed by atoms with Gasteiger partial charge in [0.15, 0.2) is 0 Å². The van der Waals surface area contributed by atoms with E-state index in [-0.39, 0.29) is 5.91 Å². The van der Waals surface area contributed by atoms with Crippen molar-refractivity contribution in [2.45, 2.75) is 19.8 Å². The van der Waals surface area contributed by atoms with Gasteiger partial charge >= 0.3 is 11.8 Å². The molecule has 2 aromatic carbocycles. The summed E-state index contributed by atoms with van der Waals surface area (Å²) in [6.45, 7) is 4.75. The number of hydrogen-bond acceptors (Lipinski definition) is 4. The lowest BCUT2D eigenvalue weighted by molar-refractivity contribution is -0.152. The van der Waals surface area contributed by atoms with Crippen molar-refractivity contribution in [2.75, 3.05) is 39.3 Å². The average Bonchev–Trinajstić information content (AvgIpc) is 3.59. The topological polar surface area (TPSA) is 78.8 Å². The molecule has 3 heterocycles. The first-order chi connectivity index (χ1) is 17.0. The van der Waals surface area contributed by atoms with E-state index in [0.717, 1.165) is 29.7 Å². The minimum atomic E-state index is -0.462. The second kappa shape index (κ2) is 9.74. The monoisotopic (exact) mass is 471 g/mol. The molecular formula is C27H29N5O3. The van der Waals surface area contributed by atoms with E-state index in [1.165, 1.54) is 0 Å². The van der Waals surface area contributed by atoms with Gasteiger partial charge in [-0.3, -0.25) is 14.4 Å². The largest absolute Gasteiger partial charge is 0.335 e. The van der Waals surface area contributed by atoms with Crippen LogP contribution in [0.2, 0.25) is 0 Å². The first-order valence-corrected chi connectivity index (χ1v) is 12.1. The van der Waals surface area contributed by atoms with E-state index in [1.807, 2.05) is 61.5 Å². The SMILES string of the molecule is Cc1cccc(-c2nn(-c3ccccc3)cc2C(=O)N2CCN(C(=O)C(=O)N3CCCC3)CC2)c1. The Morgan fingerprint density at radius 3 is 2.03 bits per heavy atom. The van der Waals surface area contributed by atoms with Crippen molar-refractivity contribution in [1.29, 1.82) is 0 Å². The third kappa shape index (κ3) is 4.69. The summed E-state index contributed by atoms with van der Waals surface area (Å²) in [5.41, 5.74) is 3.99. The predicted octanol–water partition coefficient (Wildman–Crippen LogP) is 2.75. The number of para-hydroxylation sites is 1. The highest BCUT2D eigenvalue weighted by molar-refractivity contribution is 6.35. The van der Waals surface area contributed by atoms with Gasteiger partial charge in [0.25, 0.3) is 5.91 Å². The van der Waals surface area contributed by atoms with Crippen molar-refractivity contribution in [3.8, 4) is 16.9 Å². The minimum Gasteiger partial charge on any atom is -0.335 e. The van der Waals surface area contributed by atoms with Crippen LogP contribution in [0.15, 0.2) is 60.8 Å². The fraction of sp³-hybridized carbons (Fsp3) is 0.333. The Bertz CT molecular complexity index is 1240. The molecule has 0 N–H and O–H groups in total. The van der Waals surface area contributed by atoms with Crippen LogP contribution < -0.4 is 0 Å². The summed E-state index contributed by atoms with van der Waals surface area (Å²) in [6.07, 6.45) is 3.67. The number of aromatic nitrogens is 2. The lowest BCUT2D eigenvalue weighted by Crippen LogP contribution is -2.54. The van der Waals surface area contributed by atoms with Gasteiger partial charge in [0, 0.05) is 51.0 Å². The van der Waals surface area contributed by atoms with Crippen LogP contribution in [0.5, 0.6) is 0 Å². The molecule has 2 aliphatic heterocycles. The van der Waals surface area contributed by atoms with Gasteiger partial charge in [-0.25, -0.2) is 4.68 Å². The normalized spacial score (nSPS) is 16.0. The molecule has 1 aromatic heterocycles. The average molecular weight is 472 g/mol. The lowest BCUT2D eigenvalue weighted by Gasteiger charge is -2.35. The first kappa shape index (κ1) is 22.8. The Morgan fingerprint density at radius 2 is 1.37 bits per heavy atom. The standard InChI is InChI=1S/C27H29N5O3/c1-20-8-7-9-21(18-20)24-23(19-32(28-24)22-10-3-2-4-11-22)25(33)30-14-16-31(17-15-30)27(35)26(34)29-12-5-6-13-29/h2-4,7-11,18-19H,5-6,12-17H2,1H3. The Kier molecular flexibility index (Phi) is 6.35. The Balaban J connectivity index is 1.36. The Hall–Kier alpha value is -3.94. The molecule has 0 radical (unpaired) electrons. The predicted molar refractivity (Wildman–Crippen MR) is 132 cm³/mol. The van der Waals surface area contributed by atoms with E-state index in [0.29, 0.717) is 50.5 Å². The van der Waals surface area contributed by atoms with Crippen molar-refractivity contribution < 1.29 is 14.4 Å². The number of nitrogens with zero attached hydrogens (tertiary/aromatic N) is 5. The van der Waals surface area contributed by atoms with E-state index >= 15 is 0 Å². The van der Waals surface area contributed by atoms with E-state index in [4.69, 9.17) is 5.10 Å². The number of carbonyl (C=O) groups excluding carboxylic acids is 3. The highest BCUT2D eigenvalue weighted by Crippen LogP contribution is 2.26. The lowest BCUT2D eigenvalue weighted by atomic mass is 10.0. The summed E-state index contributed by atoms with van der Waals surface area (Å²) >= 11 is 0. The summed E-state index contributed by atoms with van der Waals surface area (Å²) in [5, 5.41) is 4.77. The molecule has 2 saturated heterocycles. The molecule has 2 aliphatic rings. The molecule has 8 nitrogen and oxygen atoms in total. The van der Waals surface area contributed by atoms with Crippen LogP contribution in [0.25, 0.3) is 16.9 Å². The van der Waals surface area contributed by atoms with E-state index in [2.05, 4.69) is 0 Å². The summed E-state index contributed by atoms with van der Waals surface area (Å²) in [7, 11) is 0. The van der Waals surface area contributed by atoms with Gasteiger partial charge in [0.05, 0.1) is 11.3 Å². The van der Waals surface area contributed by atoms with Gasteiger partial charge in [-0.1, -0.05) is 42.0 Å². The molecule has 180 valence electrons. The maximum Gasteiger partial charge on any atom is 0.312 e. The molecule has 0 bridgehead atoms. The fourth-order valence-electron chi connectivity index (χ4n) is 4.72. The van der Waals surface area contributed by atoms with Crippen LogP contribution in [-0.4, -0.2) is 81.5 Å². The zero-order valence-corrected chi connectivity index (χ0v) is 19.9. The van der Waals surface area contributed by atoms with Gasteiger partial charge in [-0.05, 0) is 38.0 Å². The smallest absolute Gasteiger partial charge is 0.312 e. The zero-order chi connectivity index (χ0) is 24.4. The molecule has 35 heavy (non-hydrogen) atoms. The highest BCUT2D eigenvalue weighted by Gasteiger charge is 2.33. The maximum atomic E-state index is 13.6. The van der Waals surface area contributed by atoms with Gasteiger partial charge in [-0.2, -0.15) is 5.10 Å². The molecule has 0 unspecified atom stereocenters. The number of rotatable bonds is 3. The molecule has 8 heteroatoms. The quantitative estimate of drug-likeness (QED) is 0.551. The van der Waals surface area contributed by atoms with Crippen LogP contribution in [0.3, 0.4) is 0 Å². The third-order valence-electron chi connectivity index (χ3n) is 6.69. The third-order valence-corrected chi connectivity index (χ3v) is 6.69. The minimum absolute atomic E-state index is 0.123. The molecule has 0 spiro atoms. The van der Waals surface area contributed by atoms with Crippen molar-refractivity contribution in [3.63, 3.8) is 0 Å². The van der Waals surface area contributed by atoms with Gasteiger partial charge in [-0.15, -0.1) is 0 Å². The first-order valence-electron chi connectivity index (χ1n) is 12.1. The zero-order valence-electron chi connectivity index (χ0n) is 19.9. The molecule has 3 amide bonds. The number of aryl methyl sites for hydroxylation is 1. The molecule has 0 aliphatic carbocycles. The summed E-state index contributed by atoms with van der Waals surface area (Å²) in [5.74, 6) is -1.01. The van der Waals surface area contributed by atoms with Gasteiger partial charge < -0.3 is 14.7 Å². The number of amides is 3. The van der Waals surface area contributed by atoms with Crippen LogP contribution in [-0.2, 0) is 9.59 Å². The number of piperazine rings is 1. The van der Waals surface area contributed by atoms with Crippen molar-refractivity contribution in [3.05, 3.63) is 71.9 Å². The van der Waals surface area contributed by atoms with Crippen LogP contribution >= 0.6 is 0 Å². The van der Waals surface area contributed by atoms with Crippen molar-refractivity contribution in [2.24, 2.45) is 0 Å². The summed E-state index contributed by atoms with van der Waals surface area (Å²) < 4.78 is 1.74. The summed E-state index contributed by atoms with van der Waals surface area (Å²) in [6, 6.07) is 17.7. The number of carbonyl (C=O) groups is 3. The molecule has 0 atom stereocenters. The Labute approximate surface area is 204 Å². The summed E-state index contributed by atoms with van der Waals surface area (Å²) in [4.78, 5) is 43.8. The fourth-order valence-corrected chi connectivity index (χ4v) is 4.72. The molecule has 3 aromatic rings. The molecule has 2 fully saturated rings. The molecular weight excluding hydrogens is 442 g/mol. The van der Waals surface area contributed by atoms with E-state index in [9.17, 15) is 14.4 Å². The van der Waals surface area contributed by atoms with E-state index < -0.39 is 11.8 Å². The Morgan fingerprint density at radius 1 is 0.743 bits per heavy atom. The van der Waals surface area contributed by atoms with Crippen molar-refractivity contribution in [1.82, 2.24) is 24.5 Å². The maximum absolute atomic E-state index is 13.6. The second-order valence-electron chi connectivity index (χ2n) is 9.12.